The van der Waals surface area contributed by atoms with Gasteiger partial charge in [-0.3, -0.25) is 4.90 Å². The van der Waals surface area contributed by atoms with Gasteiger partial charge in [-0.15, -0.1) is 0 Å². The van der Waals surface area contributed by atoms with E-state index in [2.05, 4.69) is 22.1 Å². The number of carbonyl (C=O) groups is 1. The molecular formula is C36H38Cl2FN3O4Si. The SMILES string of the molecule is C[SiH2]CC(Cn1c(CN2CCC(c3cccc4c3OC(c3ccc(Cl)cc3Cl)C=C4F)CC2)nc2ccc(C(=O)O)cc21)[C@@H]1CCO1. The second-order valence-electron chi connectivity index (χ2n) is 12.9. The third kappa shape index (κ3) is 6.61. The largest absolute Gasteiger partial charge is 0.480 e. The summed E-state index contributed by atoms with van der Waals surface area (Å²) in [4.78, 5) is 19.3. The number of piperidine rings is 1. The van der Waals surface area contributed by atoms with Gasteiger partial charge in [0.15, 0.2) is 0 Å². The molecule has 0 spiro atoms. The van der Waals surface area contributed by atoms with E-state index >= 15 is 4.39 Å². The molecule has 1 N–H and O–H groups in total. The lowest BCUT2D eigenvalue weighted by atomic mass is 9.86. The number of carboxylic acids is 1. The predicted octanol–water partition coefficient (Wildman–Crippen LogP) is 7.91. The number of halogens is 3. The second-order valence-corrected chi connectivity index (χ2v) is 15.3. The maximum atomic E-state index is 15.4. The lowest BCUT2D eigenvalue weighted by molar-refractivity contribution is -0.0836. The fourth-order valence-electron chi connectivity index (χ4n) is 7.32. The van der Waals surface area contributed by atoms with Crippen LogP contribution in [0.5, 0.6) is 5.75 Å². The Hall–Kier alpha value is -3.21. The van der Waals surface area contributed by atoms with E-state index in [1.54, 1.807) is 36.4 Å². The number of aromatic carboxylic acids is 1. The summed E-state index contributed by atoms with van der Waals surface area (Å²) in [5, 5.41) is 10.7. The number of fused-ring (bicyclic) bond motifs is 2. The van der Waals surface area contributed by atoms with E-state index in [-0.39, 0.29) is 32.9 Å². The molecule has 3 aliphatic rings. The van der Waals surface area contributed by atoms with E-state index in [1.807, 2.05) is 12.1 Å². The van der Waals surface area contributed by atoms with Crippen molar-refractivity contribution >= 4 is 55.6 Å². The summed E-state index contributed by atoms with van der Waals surface area (Å²) < 4.78 is 30.1. The molecule has 0 bridgehead atoms. The first-order valence-electron chi connectivity index (χ1n) is 16.5. The fourth-order valence-corrected chi connectivity index (χ4v) is 9.14. The number of hydrogen-bond acceptors (Lipinski definition) is 5. The molecule has 0 aliphatic carbocycles. The molecule has 1 aromatic heterocycles. The van der Waals surface area contributed by atoms with E-state index in [1.165, 1.54) is 12.1 Å². The molecule has 3 aromatic carbocycles. The quantitative estimate of drug-likeness (QED) is 0.170. The van der Waals surface area contributed by atoms with Gasteiger partial charge in [0.05, 0.1) is 34.8 Å². The highest BCUT2D eigenvalue weighted by Gasteiger charge is 2.32. The molecular weight excluding hydrogens is 656 g/mol. The second kappa shape index (κ2) is 13.7. The third-order valence-corrected chi connectivity index (χ3v) is 11.8. The number of nitrogens with zero attached hydrogens (tertiary/aromatic N) is 3. The molecule has 0 saturated carbocycles. The average Bonchev–Trinajstić information content (AvgIpc) is 3.36. The van der Waals surface area contributed by atoms with Crippen LogP contribution in [0.1, 0.15) is 64.2 Å². The van der Waals surface area contributed by atoms with Crippen molar-refractivity contribution in [3.05, 3.63) is 98.8 Å². The zero-order valence-electron chi connectivity index (χ0n) is 26.3. The lowest BCUT2D eigenvalue weighted by Gasteiger charge is -2.36. The van der Waals surface area contributed by atoms with E-state index in [0.29, 0.717) is 39.4 Å². The molecule has 3 atom stereocenters. The number of carboxylic acid groups (broad SMARTS) is 1. The normalized spacial score (nSPS) is 21.0. The van der Waals surface area contributed by atoms with Crippen molar-refractivity contribution in [2.45, 2.75) is 63.1 Å². The highest BCUT2D eigenvalue weighted by atomic mass is 35.5. The van der Waals surface area contributed by atoms with E-state index < -0.39 is 12.1 Å². The van der Waals surface area contributed by atoms with Crippen LogP contribution < -0.4 is 4.74 Å². The average molecular weight is 695 g/mol. The standard InChI is InChI=1S/C36H38Cl2FN3O4Si/c1-47-20-23(32-11-14-45-32)18-42-31-15-22(36(43)44)5-8-30(31)40-34(42)19-41-12-9-21(10-13-41)25-3-2-4-27-29(39)17-33(46-35(25)27)26-7-6-24(37)16-28(26)38/h2-8,15-17,21,23,32-33H,9-14,18-20,47H2,1H3,(H,43,44)/t23?,32-,33?/m0/s1. The number of aromatic nitrogens is 2. The third-order valence-electron chi connectivity index (χ3n) is 9.92. The van der Waals surface area contributed by atoms with Crippen LogP contribution in [0.2, 0.25) is 22.6 Å². The summed E-state index contributed by atoms with van der Waals surface area (Å²) in [6.45, 7) is 6.29. The number of ether oxygens (including phenoxy) is 2. The van der Waals surface area contributed by atoms with Gasteiger partial charge in [0.2, 0.25) is 0 Å². The molecule has 2 unspecified atom stereocenters. The van der Waals surface area contributed by atoms with Crippen LogP contribution >= 0.6 is 23.2 Å². The van der Waals surface area contributed by atoms with Crippen LogP contribution in [-0.4, -0.2) is 60.8 Å². The van der Waals surface area contributed by atoms with Crippen LogP contribution in [0.25, 0.3) is 16.9 Å². The molecule has 4 aromatic rings. The summed E-state index contributed by atoms with van der Waals surface area (Å²) in [5.41, 5.74) is 4.12. The van der Waals surface area contributed by atoms with Crippen molar-refractivity contribution in [1.82, 2.24) is 14.5 Å². The van der Waals surface area contributed by atoms with Crippen molar-refractivity contribution in [3.8, 4) is 5.75 Å². The molecule has 2 fully saturated rings. The van der Waals surface area contributed by atoms with Gasteiger partial charge in [0.1, 0.15) is 23.5 Å². The van der Waals surface area contributed by atoms with Crippen LogP contribution in [-0.2, 0) is 17.8 Å². The van der Waals surface area contributed by atoms with Gasteiger partial charge in [-0.05, 0) is 86.3 Å². The molecule has 11 heteroatoms. The van der Waals surface area contributed by atoms with Crippen LogP contribution in [0.3, 0.4) is 0 Å². The number of likely N-dealkylation sites (tertiary alicyclic amines) is 1. The highest BCUT2D eigenvalue weighted by Crippen LogP contribution is 2.46. The van der Waals surface area contributed by atoms with Gasteiger partial charge in [0, 0.05) is 44.2 Å². The zero-order chi connectivity index (χ0) is 32.7. The Morgan fingerprint density at radius 1 is 1.11 bits per heavy atom. The predicted molar refractivity (Wildman–Crippen MR) is 186 cm³/mol. The van der Waals surface area contributed by atoms with E-state index in [9.17, 15) is 9.90 Å². The number of hydrogen-bond donors (Lipinski definition) is 1. The first-order chi connectivity index (χ1) is 22.8. The minimum atomic E-state index is -0.937. The number of imidazole rings is 1. The molecule has 0 radical (unpaired) electrons. The summed E-state index contributed by atoms with van der Waals surface area (Å²) in [6.07, 6.45) is 3.95. The number of benzene rings is 3. The molecule has 0 amide bonds. The first kappa shape index (κ1) is 32.3. The van der Waals surface area contributed by atoms with Gasteiger partial charge in [0.25, 0.3) is 0 Å². The zero-order valence-corrected chi connectivity index (χ0v) is 29.2. The van der Waals surface area contributed by atoms with Gasteiger partial charge in [-0.2, -0.15) is 0 Å². The Morgan fingerprint density at radius 2 is 1.91 bits per heavy atom. The molecule has 2 saturated heterocycles. The van der Waals surface area contributed by atoms with E-state index in [0.717, 1.165) is 67.9 Å². The van der Waals surface area contributed by atoms with Crippen LogP contribution in [0.15, 0.2) is 60.7 Å². The minimum absolute atomic E-state index is 0.192. The lowest BCUT2D eigenvalue weighted by Crippen LogP contribution is -2.38. The summed E-state index contributed by atoms with van der Waals surface area (Å²) in [5.74, 6) is 0.900. The first-order valence-corrected chi connectivity index (χ1v) is 19.6. The van der Waals surface area contributed by atoms with Crippen molar-refractivity contribution in [2.24, 2.45) is 5.92 Å². The molecule has 3 aliphatic heterocycles. The summed E-state index contributed by atoms with van der Waals surface area (Å²) >= 11 is 12.6. The Bertz CT molecular complexity index is 1840. The van der Waals surface area contributed by atoms with Crippen LogP contribution in [0.4, 0.5) is 4.39 Å². The molecule has 7 nitrogen and oxygen atoms in total. The van der Waals surface area contributed by atoms with Crippen LogP contribution in [0, 0.1) is 5.92 Å². The molecule has 246 valence electrons. The summed E-state index contributed by atoms with van der Waals surface area (Å²) in [7, 11) is -0.192. The maximum Gasteiger partial charge on any atom is 0.335 e. The van der Waals surface area contributed by atoms with E-state index in [4.69, 9.17) is 37.7 Å². The topological polar surface area (TPSA) is 76.8 Å². The smallest absolute Gasteiger partial charge is 0.335 e. The fraction of sp³-hybridized carbons (Fsp3) is 0.389. The van der Waals surface area contributed by atoms with Gasteiger partial charge in [-0.1, -0.05) is 54.0 Å². The molecule has 4 heterocycles. The van der Waals surface area contributed by atoms with Gasteiger partial charge >= 0.3 is 5.97 Å². The Morgan fingerprint density at radius 3 is 2.62 bits per heavy atom. The maximum absolute atomic E-state index is 15.4. The van der Waals surface area contributed by atoms with Crippen molar-refractivity contribution in [1.29, 1.82) is 0 Å². The van der Waals surface area contributed by atoms with Gasteiger partial charge in [-0.25, -0.2) is 14.2 Å². The molecule has 7 rings (SSSR count). The van der Waals surface area contributed by atoms with Crippen molar-refractivity contribution in [3.63, 3.8) is 0 Å². The monoisotopic (exact) mass is 693 g/mol. The highest BCUT2D eigenvalue weighted by molar-refractivity contribution is 6.35. The van der Waals surface area contributed by atoms with Crippen molar-refractivity contribution < 1.29 is 23.8 Å². The summed E-state index contributed by atoms with van der Waals surface area (Å²) in [6, 6.07) is 17.3. The Balaban J connectivity index is 1.10. The minimum Gasteiger partial charge on any atom is -0.480 e. The number of rotatable bonds is 10. The van der Waals surface area contributed by atoms with Gasteiger partial charge < -0.3 is 19.1 Å². The molecule has 47 heavy (non-hydrogen) atoms. The Kier molecular flexibility index (Phi) is 9.44. The Labute approximate surface area is 286 Å². The van der Waals surface area contributed by atoms with Crippen molar-refractivity contribution in [2.75, 3.05) is 19.7 Å². The number of para-hydroxylation sites is 1.